The van der Waals surface area contributed by atoms with Crippen molar-refractivity contribution in [3.8, 4) is 0 Å². The lowest BCUT2D eigenvalue weighted by Gasteiger charge is -2.21. The maximum Gasteiger partial charge on any atom is 0.0641 e. The van der Waals surface area contributed by atoms with Crippen LogP contribution in [-0.2, 0) is 0 Å². The van der Waals surface area contributed by atoms with Crippen LogP contribution >= 0.6 is 0 Å². The van der Waals surface area contributed by atoms with Gasteiger partial charge in [-0.05, 0) is 63.7 Å². The summed E-state index contributed by atoms with van der Waals surface area (Å²) in [6.07, 6.45) is 23.1. The van der Waals surface area contributed by atoms with Crippen molar-refractivity contribution in [3.05, 3.63) is 22.4 Å². The van der Waals surface area contributed by atoms with Gasteiger partial charge < -0.3 is 0 Å². The zero-order valence-corrected chi connectivity index (χ0v) is 22.1. The molecule has 0 amide bonds. The van der Waals surface area contributed by atoms with E-state index in [0.29, 0.717) is 0 Å². The van der Waals surface area contributed by atoms with Crippen molar-refractivity contribution in [2.24, 2.45) is 5.10 Å². The minimum absolute atomic E-state index is 1.07. The topological polar surface area (TPSA) is 15.6 Å². The fourth-order valence-electron chi connectivity index (χ4n) is 4.54. The molecule has 31 heavy (non-hydrogen) atoms. The summed E-state index contributed by atoms with van der Waals surface area (Å²) in [5, 5.41) is 7.52. The van der Waals surface area contributed by atoms with E-state index in [9.17, 15) is 0 Å². The molecular formula is C29H54N2. The van der Waals surface area contributed by atoms with Crippen LogP contribution in [0, 0.1) is 0 Å². The number of allylic oxidation sites excluding steroid dienone is 4. The Bertz CT molecular complexity index is 567. The SMILES string of the molecule is CCCCCCCCCCC1=NN(CCCCCCCCCC)C(C)=C(C)C(C)=C1C. The van der Waals surface area contributed by atoms with Gasteiger partial charge in [-0.15, -0.1) is 0 Å². The van der Waals surface area contributed by atoms with Gasteiger partial charge in [-0.1, -0.05) is 104 Å². The first-order valence-electron chi connectivity index (χ1n) is 13.7. The van der Waals surface area contributed by atoms with Gasteiger partial charge in [-0.25, -0.2) is 0 Å². The van der Waals surface area contributed by atoms with Gasteiger partial charge in [0.15, 0.2) is 0 Å². The normalized spacial score (nSPS) is 15.0. The Morgan fingerprint density at radius 3 is 1.48 bits per heavy atom. The molecule has 0 aromatic rings. The van der Waals surface area contributed by atoms with Gasteiger partial charge in [0.2, 0.25) is 0 Å². The molecule has 2 nitrogen and oxygen atoms in total. The smallest absolute Gasteiger partial charge is 0.0641 e. The van der Waals surface area contributed by atoms with Crippen molar-refractivity contribution in [2.45, 2.75) is 151 Å². The third kappa shape index (κ3) is 11.4. The summed E-state index contributed by atoms with van der Waals surface area (Å²) in [5.74, 6) is 0. The Morgan fingerprint density at radius 1 is 0.516 bits per heavy atom. The van der Waals surface area contributed by atoms with Crippen LogP contribution in [0.2, 0.25) is 0 Å². The molecule has 0 fully saturated rings. The van der Waals surface area contributed by atoms with E-state index in [4.69, 9.17) is 5.10 Å². The van der Waals surface area contributed by atoms with E-state index in [2.05, 4.69) is 46.6 Å². The molecule has 0 unspecified atom stereocenters. The minimum Gasteiger partial charge on any atom is -0.269 e. The van der Waals surface area contributed by atoms with Crippen LogP contribution in [0.15, 0.2) is 27.5 Å². The highest BCUT2D eigenvalue weighted by molar-refractivity contribution is 6.01. The lowest BCUT2D eigenvalue weighted by molar-refractivity contribution is 0.348. The summed E-state index contributed by atoms with van der Waals surface area (Å²) in [5.41, 5.74) is 6.96. The molecule has 0 radical (unpaired) electrons. The number of hydrogen-bond acceptors (Lipinski definition) is 2. The summed E-state index contributed by atoms with van der Waals surface area (Å²) < 4.78 is 0. The molecule has 0 N–H and O–H groups in total. The standard InChI is InChI=1S/C29H54N2/c1-7-9-11-13-15-17-19-21-23-29-27(5)25(3)26(4)28(6)31(30-29)24-22-20-18-16-14-12-10-8-2/h7-24H2,1-6H3. The number of hydrogen-bond donors (Lipinski definition) is 0. The van der Waals surface area contributed by atoms with Gasteiger partial charge in [-0.2, -0.15) is 5.10 Å². The van der Waals surface area contributed by atoms with Crippen LogP contribution in [0.5, 0.6) is 0 Å². The average molecular weight is 431 g/mol. The zero-order valence-electron chi connectivity index (χ0n) is 22.1. The number of nitrogens with zero attached hydrogens (tertiary/aromatic N) is 2. The molecule has 0 aromatic carbocycles. The first kappa shape index (κ1) is 28.0. The largest absolute Gasteiger partial charge is 0.269 e. The second-order valence-electron chi connectivity index (χ2n) is 9.83. The van der Waals surface area contributed by atoms with Gasteiger partial charge in [0.05, 0.1) is 5.71 Å². The van der Waals surface area contributed by atoms with E-state index >= 15 is 0 Å². The van der Waals surface area contributed by atoms with Crippen LogP contribution < -0.4 is 0 Å². The second kappa shape index (κ2) is 17.5. The van der Waals surface area contributed by atoms with E-state index in [-0.39, 0.29) is 0 Å². The van der Waals surface area contributed by atoms with E-state index in [0.717, 1.165) is 13.0 Å². The Morgan fingerprint density at radius 2 is 0.968 bits per heavy atom. The summed E-state index contributed by atoms with van der Waals surface area (Å²) in [6.45, 7) is 14.8. The molecule has 2 heteroatoms. The Labute approximate surface area is 195 Å². The van der Waals surface area contributed by atoms with Crippen LogP contribution in [0.1, 0.15) is 151 Å². The van der Waals surface area contributed by atoms with Crippen LogP contribution in [0.25, 0.3) is 0 Å². The van der Waals surface area contributed by atoms with Crippen molar-refractivity contribution in [2.75, 3.05) is 6.54 Å². The second-order valence-corrected chi connectivity index (χ2v) is 9.83. The highest BCUT2D eigenvalue weighted by Crippen LogP contribution is 2.27. The van der Waals surface area contributed by atoms with Gasteiger partial charge in [0.25, 0.3) is 0 Å². The van der Waals surface area contributed by atoms with Gasteiger partial charge in [0, 0.05) is 12.2 Å². The molecule has 0 saturated heterocycles. The van der Waals surface area contributed by atoms with E-state index in [1.165, 1.54) is 131 Å². The maximum atomic E-state index is 5.19. The number of rotatable bonds is 18. The predicted molar refractivity (Wildman–Crippen MR) is 141 cm³/mol. The molecule has 1 aliphatic heterocycles. The molecule has 1 rings (SSSR count). The Hall–Kier alpha value is -1.05. The average Bonchev–Trinajstić information content (AvgIpc) is 2.84. The highest BCUT2D eigenvalue weighted by Gasteiger charge is 2.18. The summed E-state index contributed by atoms with van der Waals surface area (Å²) in [4.78, 5) is 0. The fraction of sp³-hybridized carbons (Fsp3) is 0.828. The van der Waals surface area contributed by atoms with E-state index in [1.54, 1.807) is 0 Å². The zero-order chi connectivity index (χ0) is 22.9. The van der Waals surface area contributed by atoms with Crippen molar-refractivity contribution in [1.82, 2.24) is 5.01 Å². The number of hydrazone groups is 1. The third-order valence-electron chi connectivity index (χ3n) is 7.22. The molecule has 1 heterocycles. The first-order chi connectivity index (χ1) is 15.0. The molecule has 0 spiro atoms. The molecule has 0 atom stereocenters. The molecule has 0 bridgehead atoms. The molecule has 180 valence electrons. The summed E-state index contributed by atoms with van der Waals surface area (Å²) in [7, 11) is 0. The third-order valence-corrected chi connectivity index (χ3v) is 7.22. The van der Waals surface area contributed by atoms with Crippen molar-refractivity contribution in [3.63, 3.8) is 0 Å². The van der Waals surface area contributed by atoms with Crippen LogP contribution in [-0.4, -0.2) is 17.3 Å². The Kier molecular flexibility index (Phi) is 15.8. The quantitative estimate of drug-likeness (QED) is 0.197. The predicted octanol–water partition coefficient (Wildman–Crippen LogP) is 9.96. The van der Waals surface area contributed by atoms with E-state index in [1.807, 2.05) is 0 Å². The Balaban J connectivity index is 2.48. The van der Waals surface area contributed by atoms with Gasteiger partial charge >= 0.3 is 0 Å². The van der Waals surface area contributed by atoms with Crippen molar-refractivity contribution in [1.29, 1.82) is 0 Å². The van der Waals surface area contributed by atoms with Gasteiger partial charge in [-0.3, -0.25) is 5.01 Å². The monoisotopic (exact) mass is 430 g/mol. The molecule has 0 saturated carbocycles. The molecular weight excluding hydrogens is 376 g/mol. The van der Waals surface area contributed by atoms with Gasteiger partial charge in [0.1, 0.15) is 0 Å². The summed E-state index contributed by atoms with van der Waals surface area (Å²) >= 11 is 0. The lowest BCUT2D eigenvalue weighted by atomic mass is 9.96. The van der Waals surface area contributed by atoms with Crippen LogP contribution in [0.3, 0.4) is 0 Å². The lowest BCUT2D eigenvalue weighted by Crippen LogP contribution is -2.19. The van der Waals surface area contributed by atoms with Crippen LogP contribution in [0.4, 0.5) is 0 Å². The fourth-order valence-corrected chi connectivity index (χ4v) is 4.54. The molecule has 0 aromatic heterocycles. The van der Waals surface area contributed by atoms with E-state index < -0.39 is 0 Å². The number of unbranched alkanes of at least 4 members (excludes halogenated alkanes) is 14. The molecule has 0 aliphatic carbocycles. The van der Waals surface area contributed by atoms with Crippen molar-refractivity contribution >= 4 is 5.71 Å². The van der Waals surface area contributed by atoms with Crippen molar-refractivity contribution < 1.29 is 0 Å². The summed E-state index contributed by atoms with van der Waals surface area (Å²) in [6, 6.07) is 0. The maximum absolute atomic E-state index is 5.19. The molecule has 1 aliphatic rings. The first-order valence-corrected chi connectivity index (χ1v) is 13.7. The minimum atomic E-state index is 1.07. The highest BCUT2D eigenvalue weighted by atomic mass is 15.5.